The van der Waals surface area contributed by atoms with E-state index in [9.17, 15) is 4.79 Å². The van der Waals surface area contributed by atoms with E-state index in [1.807, 2.05) is 50.2 Å². The van der Waals surface area contributed by atoms with E-state index in [0.29, 0.717) is 11.3 Å². The van der Waals surface area contributed by atoms with E-state index in [1.165, 1.54) is 7.11 Å². The molecule has 0 amide bonds. The van der Waals surface area contributed by atoms with Crippen LogP contribution in [-0.4, -0.2) is 18.1 Å². The fourth-order valence-electron chi connectivity index (χ4n) is 2.03. The number of hydrogen-bond donors (Lipinski definition) is 0. The van der Waals surface area contributed by atoms with Gasteiger partial charge < -0.3 is 4.74 Å². The van der Waals surface area contributed by atoms with Crippen molar-refractivity contribution in [2.75, 3.05) is 7.11 Å². The molecule has 0 aliphatic carbocycles. The van der Waals surface area contributed by atoms with Crippen LogP contribution in [0.25, 0.3) is 11.1 Å². The molecule has 0 atom stereocenters. The molecule has 3 heteroatoms. The third-order valence-corrected chi connectivity index (χ3v) is 2.80. The maximum Gasteiger partial charge on any atom is 0.340 e. The molecule has 0 fully saturated rings. The van der Waals surface area contributed by atoms with Gasteiger partial charge >= 0.3 is 5.97 Å². The maximum atomic E-state index is 11.9. The molecule has 1 aromatic carbocycles. The fourth-order valence-corrected chi connectivity index (χ4v) is 2.03. The molecule has 2 rings (SSSR count). The maximum absolute atomic E-state index is 11.9. The predicted molar refractivity (Wildman–Crippen MR) is 70.5 cm³/mol. The normalized spacial score (nSPS) is 10.2. The van der Waals surface area contributed by atoms with E-state index < -0.39 is 0 Å². The van der Waals surface area contributed by atoms with E-state index in [0.717, 1.165) is 16.8 Å². The van der Waals surface area contributed by atoms with Gasteiger partial charge in [0.15, 0.2) is 0 Å². The van der Waals surface area contributed by atoms with Gasteiger partial charge in [-0.2, -0.15) is 0 Å². The van der Waals surface area contributed by atoms with Gasteiger partial charge in [0, 0.05) is 5.69 Å². The summed E-state index contributed by atoms with van der Waals surface area (Å²) in [6.07, 6.45) is 0. The first-order valence-electron chi connectivity index (χ1n) is 5.75. The van der Waals surface area contributed by atoms with Crippen LogP contribution >= 0.6 is 0 Å². The van der Waals surface area contributed by atoms with Crippen molar-refractivity contribution in [1.29, 1.82) is 0 Å². The first-order valence-corrected chi connectivity index (χ1v) is 5.75. The predicted octanol–water partition coefficient (Wildman–Crippen LogP) is 3.15. The van der Waals surface area contributed by atoms with Gasteiger partial charge in [-0.25, -0.2) is 4.79 Å². The van der Waals surface area contributed by atoms with Crippen LogP contribution in [0, 0.1) is 13.8 Å². The third-order valence-electron chi connectivity index (χ3n) is 2.80. The third kappa shape index (κ3) is 2.25. The minimum Gasteiger partial charge on any atom is -0.465 e. The molecule has 0 unspecified atom stereocenters. The number of benzene rings is 1. The lowest BCUT2D eigenvalue weighted by molar-refractivity contribution is 0.0600. The molecule has 0 aliphatic rings. The molecular formula is C15H15NO2. The van der Waals surface area contributed by atoms with Gasteiger partial charge in [0.05, 0.1) is 18.4 Å². The molecule has 92 valence electrons. The summed E-state index contributed by atoms with van der Waals surface area (Å²) in [6, 6.07) is 11.7. The Kier molecular flexibility index (Phi) is 3.42. The molecule has 0 bridgehead atoms. The Bertz CT molecular complexity index is 577. The number of ether oxygens (including phenoxy) is 1. The molecule has 18 heavy (non-hydrogen) atoms. The SMILES string of the molecule is COC(=O)c1c(-c2ccccc2)cc(C)nc1C. The number of carbonyl (C=O) groups is 1. The zero-order valence-electron chi connectivity index (χ0n) is 10.7. The van der Waals surface area contributed by atoms with Gasteiger partial charge in [-0.3, -0.25) is 4.98 Å². The Morgan fingerprint density at radius 3 is 2.44 bits per heavy atom. The monoisotopic (exact) mass is 241 g/mol. The summed E-state index contributed by atoms with van der Waals surface area (Å²) in [5.74, 6) is -0.348. The summed E-state index contributed by atoms with van der Waals surface area (Å²) in [7, 11) is 1.39. The van der Waals surface area contributed by atoms with Crippen LogP contribution in [0.3, 0.4) is 0 Å². The highest BCUT2D eigenvalue weighted by molar-refractivity contribution is 5.98. The molecule has 0 radical (unpaired) electrons. The number of rotatable bonds is 2. The van der Waals surface area contributed by atoms with E-state index in [-0.39, 0.29) is 5.97 Å². The molecule has 1 heterocycles. The topological polar surface area (TPSA) is 39.2 Å². The van der Waals surface area contributed by atoms with E-state index in [2.05, 4.69) is 4.98 Å². The largest absolute Gasteiger partial charge is 0.465 e. The zero-order chi connectivity index (χ0) is 13.1. The molecule has 0 saturated heterocycles. The molecule has 0 spiro atoms. The first kappa shape index (κ1) is 12.3. The summed E-state index contributed by atoms with van der Waals surface area (Å²) in [5, 5.41) is 0. The Balaban J connectivity index is 2.69. The van der Waals surface area contributed by atoms with Crippen molar-refractivity contribution in [3.05, 3.63) is 53.3 Å². The Hall–Kier alpha value is -2.16. The molecule has 0 aliphatic heterocycles. The van der Waals surface area contributed by atoms with Gasteiger partial charge in [0.2, 0.25) is 0 Å². The fraction of sp³-hybridized carbons (Fsp3) is 0.200. The van der Waals surface area contributed by atoms with Crippen molar-refractivity contribution in [2.24, 2.45) is 0 Å². The summed E-state index contributed by atoms with van der Waals surface area (Å²) < 4.78 is 4.84. The van der Waals surface area contributed by atoms with Gasteiger partial charge in [-0.05, 0) is 31.0 Å². The number of aromatic nitrogens is 1. The molecule has 2 aromatic rings. The first-order chi connectivity index (χ1) is 8.63. The number of methoxy groups -OCH3 is 1. The van der Waals surface area contributed by atoms with Crippen molar-refractivity contribution in [1.82, 2.24) is 4.98 Å². The van der Waals surface area contributed by atoms with Crippen LogP contribution in [0.2, 0.25) is 0 Å². The average Bonchev–Trinajstić information content (AvgIpc) is 2.38. The molecule has 0 saturated carbocycles. The highest BCUT2D eigenvalue weighted by Crippen LogP contribution is 2.26. The highest BCUT2D eigenvalue weighted by Gasteiger charge is 2.17. The van der Waals surface area contributed by atoms with Gasteiger partial charge in [0.1, 0.15) is 0 Å². The molecule has 0 N–H and O–H groups in total. The minimum atomic E-state index is -0.348. The molecular weight excluding hydrogens is 226 g/mol. The lowest BCUT2D eigenvalue weighted by Gasteiger charge is -2.11. The second-order valence-corrected chi connectivity index (χ2v) is 4.13. The van der Waals surface area contributed by atoms with Crippen molar-refractivity contribution in [2.45, 2.75) is 13.8 Å². The lowest BCUT2D eigenvalue weighted by Crippen LogP contribution is -2.08. The smallest absolute Gasteiger partial charge is 0.340 e. The van der Waals surface area contributed by atoms with Crippen molar-refractivity contribution >= 4 is 5.97 Å². The number of hydrogen-bond acceptors (Lipinski definition) is 3. The van der Waals surface area contributed by atoms with E-state index >= 15 is 0 Å². The van der Waals surface area contributed by atoms with Crippen molar-refractivity contribution < 1.29 is 9.53 Å². The standard InChI is InChI=1S/C15H15NO2/c1-10-9-13(12-7-5-4-6-8-12)14(11(2)16-10)15(17)18-3/h4-9H,1-3H3. The van der Waals surface area contributed by atoms with Crippen molar-refractivity contribution in [3.63, 3.8) is 0 Å². The summed E-state index contributed by atoms with van der Waals surface area (Å²) in [5.41, 5.74) is 3.98. The number of pyridine rings is 1. The van der Waals surface area contributed by atoms with Crippen LogP contribution in [-0.2, 0) is 4.74 Å². The minimum absolute atomic E-state index is 0.348. The van der Waals surface area contributed by atoms with E-state index in [1.54, 1.807) is 0 Å². The Morgan fingerprint density at radius 1 is 1.17 bits per heavy atom. The van der Waals surface area contributed by atoms with Crippen molar-refractivity contribution in [3.8, 4) is 11.1 Å². The Labute approximate surface area is 106 Å². The zero-order valence-corrected chi connectivity index (χ0v) is 10.7. The van der Waals surface area contributed by atoms with Crippen LogP contribution in [0.5, 0.6) is 0 Å². The summed E-state index contributed by atoms with van der Waals surface area (Å²) >= 11 is 0. The second-order valence-electron chi connectivity index (χ2n) is 4.13. The number of aryl methyl sites for hydroxylation is 2. The van der Waals surface area contributed by atoms with Gasteiger partial charge in [-0.15, -0.1) is 0 Å². The van der Waals surface area contributed by atoms with Crippen LogP contribution < -0.4 is 0 Å². The second kappa shape index (κ2) is 5.00. The Morgan fingerprint density at radius 2 is 1.83 bits per heavy atom. The highest BCUT2D eigenvalue weighted by atomic mass is 16.5. The van der Waals surface area contributed by atoms with Crippen LogP contribution in [0.4, 0.5) is 0 Å². The van der Waals surface area contributed by atoms with Gasteiger partial charge in [0.25, 0.3) is 0 Å². The van der Waals surface area contributed by atoms with Crippen LogP contribution in [0.1, 0.15) is 21.7 Å². The molecule has 3 nitrogen and oxygen atoms in total. The van der Waals surface area contributed by atoms with E-state index in [4.69, 9.17) is 4.74 Å². The lowest BCUT2D eigenvalue weighted by atomic mass is 9.98. The van der Waals surface area contributed by atoms with Crippen LogP contribution in [0.15, 0.2) is 36.4 Å². The number of carbonyl (C=O) groups excluding carboxylic acids is 1. The summed E-state index contributed by atoms with van der Waals surface area (Å²) in [6.45, 7) is 3.74. The summed E-state index contributed by atoms with van der Waals surface area (Å²) in [4.78, 5) is 16.2. The number of nitrogens with zero attached hydrogens (tertiary/aromatic N) is 1. The van der Waals surface area contributed by atoms with Gasteiger partial charge in [-0.1, -0.05) is 30.3 Å². The quantitative estimate of drug-likeness (QED) is 0.758. The average molecular weight is 241 g/mol. The number of esters is 1. The molecule has 1 aromatic heterocycles.